The van der Waals surface area contributed by atoms with Crippen molar-refractivity contribution < 1.29 is 0 Å². The fraction of sp³-hybridized carbons (Fsp3) is 0.312. The second kappa shape index (κ2) is 5.19. The summed E-state index contributed by atoms with van der Waals surface area (Å²) < 4.78 is 0. The van der Waals surface area contributed by atoms with E-state index in [4.69, 9.17) is 0 Å². The van der Waals surface area contributed by atoms with Crippen LogP contribution in [0.15, 0.2) is 24.4 Å². The Hall–Kier alpha value is -2.21. The summed E-state index contributed by atoms with van der Waals surface area (Å²) >= 11 is 0. The van der Waals surface area contributed by atoms with Gasteiger partial charge in [-0.1, -0.05) is 12.0 Å². The predicted molar refractivity (Wildman–Crippen MR) is 73.6 cm³/mol. The number of benzene rings is 1. The Morgan fingerprint density at radius 1 is 1.05 bits per heavy atom. The van der Waals surface area contributed by atoms with Gasteiger partial charge in [0, 0.05) is 5.56 Å². The quantitative estimate of drug-likeness (QED) is 0.673. The fourth-order valence-electron chi connectivity index (χ4n) is 2.38. The number of fused-ring (bicyclic) bond motifs is 1. The summed E-state index contributed by atoms with van der Waals surface area (Å²) in [5.74, 6) is 6.58. The normalized spacial score (nSPS) is 13.3. The van der Waals surface area contributed by atoms with Crippen molar-refractivity contribution in [1.82, 2.24) is 15.2 Å². The van der Waals surface area contributed by atoms with E-state index in [0.717, 1.165) is 11.3 Å². The van der Waals surface area contributed by atoms with E-state index in [-0.39, 0.29) is 0 Å². The molecule has 1 heterocycles. The molecule has 0 saturated heterocycles. The van der Waals surface area contributed by atoms with Gasteiger partial charge >= 0.3 is 0 Å². The molecule has 1 aromatic carbocycles. The van der Waals surface area contributed by atoms with Crippen LogP contribution < -0.4 is 0 Å². The van der Waals surface area contributed by atoms with Crippen LogP contribution in [0.1, 0.15) is 41.1 Å². The summed E-state index contributed by atoms with van der Waals surface area (Å²) in [5.41, 5.74) is 4.79. The summed E-state index contributed by atoms with van der Waals surface area (Å²) in [6, 6.07) is 6.49. The molecule has 0 atom stereocenters. The number of aryl methyl sites for hydroxylation is 3. The standard InChI is InChI=1S/C16H15N3/c1-12-11-17-19-16(18-12)9-7-13-6-8-14-4-2-3-5-15(14)10-13/h6,8,10-11H,2-5H2,1H3. The SMILES string of the molecule is Cc1cnnc(C#Cc2ccc3c(c2)CCCC3)n1. The Balaban J connectivity index is 1.88. The van der Waals surface area contributed by atoms with Crippen molar-refractivity contribution in [1.29, 1.82) is 0 Å². The maximum Gasteiger partial charge on any atom is 0.226 e. The highest BCUT2D eigenvalue weighted by molar-refractivity contribution is 5.43. The van der Waals surface area contributed by atoms with E-state index >= 15 is 0 Å². The van der Waals surface area contributed by atoms with E-state index in [2.05, 4.69) is 45.2 Å². The van der Waals surface area contributed by atoms with Crippen molar-refractivity contribution in [2.24, 2.45) is 0 Å². The van der Waals surface area contributed by atoms with Gasteiger partial charge in [0.25, 0.3) is 0 Å². The van der Waals surface area contributed by atoms with Gasteiger partial charge in [-0.2, -0.15) is 5.10 Å². The topological polar surface area (TPSA) is 38.7 Å². The average molecular weight is 249 g/mol. The van der Waals surface area contributed by atoms with Crippen LogP contribution in [0.5, 0.6) is 0 Å². The summed E-state index contributed by atoms with van der Waals surface area (Å²) in [5, 5.41) is 7.76. The number of nitrogens with zero attached hydrogens (tertiary/aromatic N) is 3. The molecular formula is C16H15N3. The molecule has 3 nitrogen and oxygen atoms in total. The number of aromatic nitrogens is 3. The zero-order valence-electron chi connectivity index (χ0n) is 11.0. The lowest BCUT2D eigenvalue weighted by atomic mass is 9.90. The number of hydrogen-bond acceptors (Lipinski definition) is 3. The highest BCUT2D eigenvalue weighted by Gasteiger charge is 2.08. The Morgan fingerprint density at radius 2 is 1.89 bits per heavy atom. The molecule has 1 aliphatic carbocycles. The van der Waals surface area contributed by atoms with Crippen molar-refractivity contribution in [2.75, 3.05) is 0 Å². The van der Waals surface area contributed by atoms with Gasteiger partial charge in [-0.3, -0.25) is 0 Å². The first-order valence-corrected chi connectivity index (χ1v) is 6.61. The lowest BCUT2D eigenvalue weighted by molar-refractivity contribution is 0.685. The van der Waals surface area contributed by atoms with Crippen molar-refractivity contribution in [3.05, 3.63) is 52.6 Å². The number of hydrogen-bond donors (Lipinski definition) is 0. The van der Waals surface area contributed by atoms with Crippen LogP contribution >= 0.6 is 0 Å². The molecule has 19 heavy (non-hydrogen) atoms. The molecule has 0 fully saturated rings. The van der Waals surface area contributed by atoms with Gasteiger partial charge < -0.3 is 0 Å². The molecule has 0 spiro atoms. The van der Waals surface area contributed by atoms with Crippen LogP contribution in [0.3, 0.4) is 0 Å². The van der Waals surface area contributed by atoms with Gasteiger partial charge in [0.1, 0.15) is 0 Å². The van der Waals surface area contributed by atoms with Crippen LogP contribution in [0.4, 0.5) is 0 Å². The van der Waals surface area contributed by atoms with Crippen molar-refractivity contribution in [2.45, 2.75) is 32.6 Å². The molecule has 1 aromatic heterocycles. The maximum absolute atomic E-state index is 4.23. The second-order valence-electron chi connectivity index (χ2n) is 4.86. The van der Waals surface area contributed by atoms with Crippen molar-refractivity contribution in [3.63, 3.8) is 0 Å². The molecule has 3 heteroatoms. The van der Waals surface area contributed by atoms with Gasteiger partial charge in [0.05, 0.1) is 11.9 Å². The van der Waals surface area contributed by atoms with E-state index in [0.29, 0.717) is 5.82 Å². The summed E-state index contributed by atoms with van der Waals surface area (Å²) in [4.78, 5) is 4.23. The molecule has 0 N–H and O–H groups in total. The van der Waals surface area contributed by atoms with Crippen LogP contribution in [-0.4, -0.2) is 15.2 Å². The first-order chi connectivity index (χ1) is 9.31. The molecule has 0 aliphatic heterocycles. The Morgan fingerprint density at radius 3 is 2.74 bits per heavy atom. The first-order valence-electron chi connectivity index (χ1n) is 6.61. The maximum atomic E-state index is 4.23. The van der Waals surface area contributed by atoms with E-state index < -0.39 is 0 Å². The lowest BCUT2D eigenvalue weighted by Gasteiger charge is -2.15. The Bertz CT molecular complexity index is 665. The molecule has 2 aromatic rings. The van der Waals surface area contributed by atoms with Gasteiger partial charge in [0.2, 0.25) is 5.82 Å². The predicted octanol–water partition coefficient (Wildman–Crippen LogP) is 2.46. The Labute approximate surface area is 113 Å². The third kappa shape index (κ3) is 2.79. The summed E-state index contributed by atoms with van der Waals surface area (Å²) in [6.45, 7) is 1.89. The largest absolute Gasteiger partial charge is 0.226 e. The third-order valence-electron chi connectivity index (χ3n) is 3.35. The lowest BCUT2D eigenvalue weighted by Crippen LogP contribution is -2.02. The van der Waals surface area contributed by atoms with Crippen LogP contribution in [0, 0.1) is 18.8 Å². The molecule has 0 unspecified atom stereocenters. The third-order valence-corrected chi connectivity index (χ3v) is 3.35. The van der Waals surface area contributed by atoms with E-state index in [9.17, 15) is 0 Å². The van der Waals surface area contributed by atoms with E-state index in [1.807, 2.05) is 6.92 Å². The molecule has 0 bridgehead atoms. The van der Waals surface area contributed by atoms with Crippen molar-refractivity contribution in [3.8, 4) is 11.8 Å². The second-order valence-corrected chi connectivity index (χ2v) is 4.86. The van der Waals surface area contributed by atoms with E-state index in [1.165, 1.54) is 36.8 Å². The molecule has 0 amide bonds. The smallest absolute Gasteiger partial charge is 0.223 e. The van der Waals surface area contributed by atoms with Crippen LogP contribution in [0.2, 0.25) is 0 Å². The fourth-order valence-corrected chi connectivity index (χ4v) is 2.38. The average Bonchev–Trinajstić information content (AvgIpc) is 2.45. The first kappa shape index (κ1) is 11.9. The minimum atomic E-state index is 0.484. The van der Waals surface area contributed by atoms with E-state index in [1.54, 1.807) is 6.20 Å². The zero-order chi connectivity index (χ0) is 13.1. The molecule has 0 saturated carbocycles. The van der Waals surface area contributed by atoms with Gasteiger partial charge in [-0.15, -0.1) is 5.10 Å². The Kier molecular flexibility index (Phi) is 3.24. The highest BCUT2D eigenvalue weighted by Crippen LogP contribution is 2.21. The monoisotopic (exact) mass is 249 g/mol. The highest BCUT2D eigenvalue weighted by atomic mass is 15.1. The van der Waals surface area contributed by atoms with Gasteiger partial charge in [-0.05, 0) is 61.8 Å². The minimum absolute atomic E-state index is 0.484. The molecule has 3 rings (SSSR count). The van der Waals surface area contributed by atoms with Crippen LogP contribution in [0.25, 0.3) is 0 Å². The molecule has 1 aliphatic rings. The minimum Gasteiger partial charge on any atom is -0.223 e. The number of rotatable bonds is 0. The molecule has 94 valence electrons. The van der Waals surface area contributed by atoms with Crippen molar-refractivity contribution >= 4 is 0 Å². The van der Waals surface area contributed by atoms with Gasteiger partial charge in [-0.25, -0.2) is 4.98 Å². The van der Waals surface area contributed by atoms with Gasteiger partial charge in [0.15, 0.2) is 0 Å². The molecule has 0 radical (unpaired) electrons. The molecular weight excluding hydrogens is 234 g/mol. The van der Waals surface area contributed by atoms with Crippen LogP contribution in [-0.2, 0) is 12.8 Å². The zero-order valence-corrected chi connectivity index (χ0v) is 11.0. The summed E-state index contributed by atoms with van der Waals surface area (Å²) in [6.07, 6.45) is 6.60. The summed E-state index contributed by atoms with van der Waals surface area (Å²) in [7, 11) is 0.